The number of ether oxygens (including phenoxy) is 2. The molecule has 110 valence electrons. The normalized spacial score (nSPS) is 10.2. The molecule has 0 radical (unpaired) electrons. The molecule has 0 fully saturated rings. The van der Waals surface area contributed by atoms with E-state index >= 15 is 0 Å². The lowest BCUT2D eigenvalue weighted by molar-refractivity contribution is 0.102. The summed E-state index contributed by atoms with van der Waals surface area (Å²) in [6, 6.07) is 12.8. The zero-order valence-corrected chi connectivity index (χ0v) is 13.4. The lowest BCUT2D eigenvalue weighted by Gasteiger charge is -2.09. The molecule has 0 spiro atoms. The van der Waals surface area contributed by atoms with Crippen molar-refractivity contribution in [2.75, 3.05) is 19.5 Å². The van der Waals surface area contributed by atoms with Crippen molar-refractivity contribution in [3.8, 4) is 5.75 Å². The highest BCUT2D eigenvalue weighted by Crippen LogP contribution is 2.26. The van der Waals surface area contributed by atoms with Gasteiger partial charge in [0, 0.05) is 18.4 Å². The molecule has 0 aliphatic rings. The highest BCUT2D eigenvalue weighted by molar-refractivity contribution is 9.10. The van der Waals surface area contributed by atoms with Gasteiger partial charge in [-0.1, -0.05) is 12.1 Å². The number of amides is 1. The first kappa shape index (κ1) is 15.5. The van der Waals surface area contributed by atoms with E-state index in [9.17, 15) is 4.79 Å². The van der Waals surface area contributed by atoms with Crippen molar-refractivity contribution in [2.45, 2.75) is 6.61 Å². The van der Waals surface area contributed by atoms with E-state index in [0.717, 1.165) is 15.7 Å². The molecule has 0 saturated heterocycles. The molecule has 21 heavy (non-hydrogen) atoms. The maximum atomic E-state index is 12.2. The van der Waals surface area contributed by atoms with E-state index in [1.807, 2.05) is 24.3 Å². The molecule has 0 bridgehead atoms. The van der Waals surface area contributed by atoms with Gasteiger partial charge in [-0.25, -0.2) is 0 Å². The van der Waals surface area contributed by atoms with Crippen LogP contribution in [0.15, 0.2) is 46.9 Å². The van der Waals surface area contributed by atoms with E-state index < -0.39 is 0 Å². The summed E-state index contributed by atoms with van der Waals surface area (Å²) in [5.41, 5.74) is 2.30. The maximum Gasteiger partial charge on any atom is 0.255 e. The summed E-state index contributed by atoms with van der Waals surface area (Å²) in [5, 5.41) is 2.87. The Kier molecular flexibility index (Phi) is 5.36. The second kappa shape index (κ2) is 7.24. The fraction of sp³-hybridized carbons (Fsp3) is 0.188. The fourth-order valence-electron chi connectivity index (χ4n) is 1.92. The Labute approximate surface area is 132 Å². The minimum atomic E-state index is -0.173. The van der Waals surface area contributed by atoms with Crippen LogP contribution in [0.1, 0.15) is 15.9 Å². The Morgan fingerprint density at radius 2 is 2.00 bits per heavy atom. The zero-order chi connectivity index (χ0) is 15.2. The van der Waals surface area contributed by atoms with Crippen LogP contribution in [0.5, 0.6) is 5.75 Å². The molecular formula is C16H16BrNO3. The molecule has 0 aliphatic heterocycles. The minimum Gasteiger partial charge on any atom is -0.496 e. The lowest BCUT2D eigenvalue weighted by atomic mass is 10.1. The molecular weight excluding hydrogens is 334 g/mol. The van der Waals surface area contributed by atoms with Gasteiger partial charge in [-0.2, -0.15) is 0 Å². The van der Waals surface area contributed by atoms with Gasteiger partial charge < -0.3 is 14.8 Å². The average Bonchev–Trinajstić information content (AvgIpc) is 2.48. The number of hydrogen-bond acceptors (Lipinski definition) is 3. The number of anilines is 1. The molecule has 2 aromatic rings. The first-order chi connectivity index (χ1) is 10.1. The van der Waals surface area contributed by atoms with Crippen LogP contribution in [0.2, 0.25) is 0 Å². The quantitative estimate of drug-likeness (QED) is 0.891. The molecule has 0 saturated carbocycles. The number of nitrogens with one attached hydrogen (secondary N) is 1. The molecule has 1 N–H and O–H groups in total. The van der Waals surface area contributed by atoms with Gasteiger partial charge in [-0.05, 0) is 51.8 Å². The van der Waals surface area contributed by atoms with Gasteiger partial charge in [0.2, 0.25) is 0 Å². The molecule has 5 heteroatoms. The first-order valence-corrected chi connectivity index (χ1v) is 7.16. The zero-order valence-electron chi connectivity index (χ0n) is 11.9. The van der Waals surface area contributed by atoms with Crippen LogP contribution in [0.25, 0.3) is 0 Å². The number of carbonyl (C=O) groups is 1. The van der Waals surface area contributed by atoms with Gasteiger partial charge in [0.1, 0.15) is 5.75 Å². The second-order valence-electron chi connectivity index (χ2n) is 4.44. The van der Waals surface area contributed by atoms with Crippen LogP contribution < -0.4 is 10.1 Å². The van der Waals surface area contributed by atoms with E-state index in [-0.39, 0.29) is 5.91 Å². The Morgan fingerprint density at radius 1 is 1.19 bits per heavy atom. The highest BCUT2D eigenvalue weighted by Gasteiger charge is 2.09. The maximum absolute atomic E-state index is 12.2. The van der Waals surface area contributed by atoms with Gasteiger partial charge in [0.15, 0.2) is 0 Å². The van der Waals surface area contributed by atoms with Crippen molar-refractivity contribution in [3.05, 3.63) is 58.1 Å². The largest absolute Gasteiger partial charge is 0.496 e. The third kappa shape index (κ3) is 4.06. The summed E-state index contributed by atoms with van der Waals surface area (Å²) < 4.78 is 11.0. The van der Waals surface area contributed by atoms with Crippen molar-refractivity contribution in [2.24, 2.45) is 0 Å². The molecule has 1 amide bonds. The van der Waals surface area contributed by atoms with Crippen LogP contribution in [0.3, 0.4) is 0 Å². The summed E-state index contributed by atoms with van der Waals surface area (Å²) in [6.07, 6.45) is 0. The molecule has 2 aromatic carbocycles. The van der Waals surface area contributed by atoms with Crippen LogP contribution in [-0.2, 0) is 11.3 Å². The molecule has 0 unspecified atom stereocenters. The predicted octanol–water partition coefficient (Wildman–Crippen LogP) is 3.86. The molecule has 0 aliphatic carbocycles. The standard InChI is InChI=1S/C16H16BrNO3/c1-20-10-11-4-3-5-13(8-11)18-16(19)12-6-7-15(21-2)14(17)9-12/h3-9H,10H2,1-2H3,(H,18,19). The van der Waals surface area contributed by atoms with Gasteiger partial charge in [-0.3, -0.25) is 4.79 Å². The van der Waals surface area contributed by atoms with Gasteiger partial charge in [-0.15, -0.1) is 0 Å². The number of methoxy groups -OCH3 is 2. The summed E-state index contributed by atoms with van der Waals surface area (Å²) in [7, 11) is 3.22. The third-order valence-electron chi connectivity index (χ3n) is 2.91. The smallest absolute Gasteiger partial charge is 0.255 e. The summed E-state index contributed by atoms with van der Waals surface area (Å²) >= 11 is 3.37. The number of hydrogen-bond donors (Lipinski definition) is 1. The van der Waals surface area contributed by atoms with Crippen molar-refractivity contribution < 1.29 is 14.3 Å². The van der Waals surface area contributed by atoms with Crippen molar-refractivity contribution >= 4 is 27.5 Å². The number of rotatable bonds is 5. The molecule has 4 nitrogen and oxygen atoms in total. The molecule has 0 aromatic heterocycles. The number of halogens is 1. The van der Waals surface area contributed by atoms with Gasteiger partial charge >= 0.3 is 0 Å². The summed E-state index contributed by atoms with van der Waals surface area (Å²) in [5.74, 6) is 0.515. The Bertz CT molecular complexity index is 643. The van der Waals surface area contributed by atoms with Gasteiger partial charge in [0.25, 0.3) is 5.91 Å². The summed E-state index contributed by atoms with van der Waals surface area (Å²) in [6.45, 7) is 0.512. The Balaban J connectivity index is 2.14. The molecule has 0 heterocycles. The van der Waals surface area contributed by atoms with E-state index in [2.05, 4.69) is 21.2 Å². The van der Waals surface area contributed by atoms with Gasteiger partial charge in [0.05, 0.1) is 18.2 Å². The van der Waals surface area contributed by atoms with Crippen molar-refractivity contribution in [1.29, 1.82) is 0 Å². The predicted molar refractivity (Wildman–Crippen MR) is 85.8 cm³/mol. The van der Waals surface area contributed by atoms with E-state index in [0.29, 0.717) is 17.9 Å². The third-order valence-corrected chi connectivity index (χ3v) is 3.53. The SMILES string of the molecule is COCc1cccc(NC(=O)c2ccc(OC)c(Br)c2)c1. The average molecular weight is 350 g/mol. The summed E-state index contributed by atoms with van der Waals surface area (Å²) in [4.78, 5) is 12.2. The van der Waals surface area contributed by atoms with Crippen LogP contribution in [-0.4, -0.2) is 20.1 Å². The number of benzene rings is 2. The molecule has 0 atom stereocenters. The first-order valence-electron chi connectivity index (χ1n) is 6.37. The minimum absolute atomic E-state index is 0.173. The van der Waals surface area contributed by atoms with E-state index in [4.69, 9.17) is 9.47 Å². The van der Waals surface area contributed by atoms with Crippen LogP contribution >= 0.6 is 15.9 Å². The van der Waals surface area contributed by atoms with Crippen LogP contribution in [0.4, 0.5) is 5.69 Å². The topological polar surface area (TPSA) is 47.6 Å². The monoisotopic (exact) mass is 349 g/mol. The lowest BCUT2D eigenvalue weighted by Crippen LogP contribution is -2.12. The van der Waals surface area contributed by atoms with E-state index in [1.165, 1.54) is 0 Å². The molecule has 2 rings (SSSR count). The second-order valence-corrected chi connectivity index (χ2v) is 5.29. The van der Waals surface area contributed by atoms with E-state index in [1.54, 1.807) is 32.4 Å². The van der Waals surface area contributed by atoms with Crippen molar-refractivity contribution in [1.82, 2.24) is 0 Å². The van der Waals surface area contributed by atoms with Crippen molar-refractivity contribution in [3.63, 3.8) is 0 Å². The highest BCUT2D eigenvalue weighted by atomic mass is 79.9. The Morgan fingerprint density at radius 3 is 2.67 bits per heavy atom. The fourth-order valence-corrected chi connectivity index (χ4v) is 2.46. The Hall–Kier alpha value is -1.85. The number of carbonyl (C=O) groups excluding carboxylic acids is 1. The van der Waals surface area contributed by atoms with Crippen LogP contribution in [0, 0.1) is 0 Å².